The smallest absolute Gasteiger partial charge is 0.152 e. The summed E-state index contributed by atoms with van der Waals surface area (Å²) in [6, 6.07) is 11.4. The molecule has 0 N–H and O–H groups in total. The van der Waals surface area contributed by atoms with Crippen LogP contribution in [0.3, 0.4) is 0 Å². The number of hydrogen-bond acceptors (Lipinski definition) is 2. The van der Waals surface area contributed by atoms with Gasteiger partial charge in [-0.15, -0.1) is 0 Å². The molecule has 19 heavy (non-hydrogen) atoms. The van der Waals surface area contributed by atoms with Gasteiger partial charge in [0.05, 0.1) is 10.7 Å². The first kappa shape index (κ1) is 13.6. The molecule has 2 aromatic carbocycles. The van der Waals surface area contributed by atoms with Crippen LogP contribution in [-0.4, -0.2) is 13.3 Å². The molecule has 4 heteroatoms. The number of para-hydroxylation sites is 1. The van der Waals surface area contributed by atoms with E-state index < -0.39 is 0 Å². The molecule has 0 saturated heterocycles. The first-order valence-corrected chi connectivity index (χ1v) is 6.19. The van der Waals surface area contributed by atoms with E-state index in [4.69, 9.17) is 11.6 Å². The van der Waals surface area contributed by atoms with Crippen molar-refractivity contribution in [3.05, 3.63) is 64.4 Å². The first-order chi connectivity index (χ1) is 9.11. The van der Waals surface area contributed by atoms with Gasteiger partial charge in [0, 0.05) is 19.2 Å². The monoisotopic (exact) mass is 277 g/mol. The zero-order valence-corrected chi connectivity index (χ0v) is 11.2. The topological polar surface area (TPSA) is 20.3 Å². The van der Waals surface area contributed by atoms with Crippen molar-refractivity contribution in [2.75, 3.05) is 11.9 Å². The van der Waals surface area contributed by atoms with Crippen molar-refractivity contribution in [2.24, 2.45) is 0 Å². The quantitative estimate of drug-likeness (QED) is 0.789. The van der Waals surface area contributed by atoms with Crippen molar-refractivity contribution in [2.45, 2.75) is 6.54 Å². The van der Waals surface area contributed by atoms with Crippen LogP contribution in [-0.2, 0) is 6.54 Å². The molecule has 0 aliphatic heterocycles. The van der Waals surface area contributed by atoms with Gasteiger partial charge < -0.3 is 4.90 Å². The van der Waals surface area contributed by atoms with Gasteiger partial charge in [-0.2, -0.15) is 0 Å². The molecule has 0 aromatic heterocycles. The van der Waals surface area contributed by atoms with E-state index in [1.54, 1.807) is 30.3 Å². The van der Waals surface area contributed by atoms with Gasteiger partial charge in [-0.1, -0.05) is 29.8 Å². The maximum Gasteiger partial charge on any atom is 0.152 e. The third kappa shape index (κ3) is 3.12. The maximum atomic E-state index is 12.8. The molecular weight excluding hydrogens is 265 g/mol. The Bertz CT molecular complexity index is 583. The van der Waals surface area contributed by atoms with E-state index in [1.165, 1.54) is 12.1 Å². The Balaban J connectivity index is 2.27. The van der Waals surface area contributed by atoms with Crippen LogP contribution in [0, 0.1) is 5.82 Å². The normalized spacial score (nSPS) is 10.3. The average Bonchev–Trinajstić information content (AvgIpc) is 2.40. The molecular formula is C15H13ClFNO. The highest BCUT2D eigenvalue weighted by Crippen LogP contribution is 2.29. The minimum Gasteiger partial charge on any atom is -0.368 e. The fourth-order valence-electron chi connectivity index (χ4n) is 1.97. The third-order valence-electron chi connectivity index (χ3n) is 2.86. The number of carbonyl (C=O) groups excluding carboxylic acids is 1. The molecule has 0 fully saturated rings. The molecule has 0 unspecified atom stereocenters. The molecule has 2 nitrogen and oxygen atoms in total. The van der Waals surface area contributed by atoms with Crippen LogP contribution in [0.1, 0.15) is 15.9 Å². The van der Waals surface area contributed by atoms with Crippen LogP contribution in [0.15, 0.2) is 42.5 Å². The maximum absolute atomic E-state index is 12.8. The van der Waals surface area contributed by atoms with Gasteiger partial charge in [-0.25, -0.2) is 4.39 Å². The van der Waals surface area contributed by atoms with Gasteiger partial charge in [0.25, 0.3) is 0 Å². The van der Waals surface area contributed by atoms with E-state index in [2.05, 4.69) is 0 Å². The van der Waals surface area contributed by atoms with Gasteiger partial charge in [0.15, 0.2) is 6.29 Å². The van der Waals surface area contributed by atoms with Crippen molar-refractivity contribution >= 4 is 23.6 Å². The van der Waals surface area contributed by atoms with Crippen molar-refractivity contribution in [1.82, 2.24) is 0 Å². The summed E-state index contributed by atoms with van der Waals surface area (Å²) >= 11 is 6.13. The van der Waals surface area contributed by atoms with E-state index in [1.807, 2.05) is 11.9 Å². The Morgan fingerprint density at radius 2 is 1.89 bits per heavy atom. The third-order valence-corrected chi connectivity index (χ3v) is 3.16. The molecule has 0 bridgehead atoms. The number of anilines is 1. The summed E-state index contributed by atoms with van der Waals surface area (Å²) in [5.41, 5.74) is 2.17. The minimum absolute atomic E-state index is 0.266. The largest absolute Gasteiger partial charge is 0.368 e. The predicted octanol–water partition coefficient (Wildman–Crippen LogP) is 3.93. The number of hydrogen-bond donors (Lipinski definition) is 0. The highest BCUT2D eigenvalue weighted by Gasteiger charge is 2.11. The van der Waals surface area contributed by atoms with Crippen LogP contribution >= 0.6 is 11.6 Å². The Hall–Kier alpha value is -1.87. The van der Waals surface area contributed by atoms with Gasteiger partial charge in [-0.3, -0.25) is 4.79 Å². The fraction of sp³-hybridized carbons (Fsp3) is 0.133. The van der Waals surface area contributed by atoms with Crippen molar-refractivity contribution in [3.8, 4) is 0 Å². The summed E-state index contributed by atoms with van der Waals surface area (Å²) in [5, 5.41) is 0.522. The second-order valence-electron chi connectivity index (χ2n) is 4.28. The summed E-state index contributed by atoms with van der Waals surface area (Å²) in [4.78, 5) is 12.9. The Morgan fingerprint density at radius 3 is 2.53 bits per heavy atom. The van der Waals surface area contributed by atoms with Crippen molar-refractivity contribution in [3.63, 3.8) is 0 Å². The minimum atomic E-state index is -0.266. The summed E-state index contributed by atoms with van der Waals surface area (Å²) in [6.45, 7) is 0.546. The number of halogens is 2. The molecule has 0 aliphatic rings. The molecule has 0 atom stereocenters. The molecule has 0 amide bonds. The zero-order chi connectivity index (χ0) is 13.8. The molecule has 0 spiro atoms. The summed E-state index contributed by atoms with van der Waals surface area (Å²) < 4.78 is 12.8. The van der Waals surface area contributed by atoms with E-state index >= 15 is 0 Å². The summed E-state index contributed by atoms with van der Waals surface area (Å²) in [5.74, 6) is -0.266. The van der Waals surface area contributed by atoms with Crippen LogP contribution < -0.4 is 4.90 Å². The molecule has 98 valence electrons. The van der Waals surface area contributed by atoms with Crippen molar-refractivity contribution in [1.29, 1.82) is 0 Å². The first-order valence-electron chi connectivity index (χ1n) is 5.81. The second kappa shape index (κ2) is 5.85. The van der Waals surface area contributed by atoms with E-state index in [0.29, 0.717) is 22.8 Å². The molecule has 2 rings (SSSR count). The number of nitrogens with zero attached hydrogens (tertiary/aromatic N) is 1. The highest BCUT2D eigenvalue weighted by molar-refractivity contribution is 6.33. The lowest BCUT2D eigenvalue weighted by Crippen LogP contribution is -2.18. The standard InChI is InChI=1S/C15H13ClFNO/c1-18(9-11-5-7-13(17)8-6-11)15-12(10-19)3-2-4-14(15)16/h2-8,10H,9H2,1H3. The number of rotatable bonds is 4. The Kier molecular flexibility index (Phi) is 4.17. The van der Waals surface area contributed by atoms with Crippen LogP contribution in [0.25, 0.3) is 0 Å². The SMILES string of the molecule is CN(Cc1ccc(F)cc1)c1c(Cl)cccc1C=O. The highest BCUT2D eigenvalue weighted by atomic mass is 35.5. The molecule has 2 aromatic rings. The Labute approximate surface area is 116 Å². The predicted molar refractivity (Wildman–Crippen MR) is 75.3 cm³/mol. The van der Waals surface area contributed by atoms with Gasteiger partial charge in [-0.05, 0) is 29.8 Å². The fourth-order valence-corrected chi connectivity index (χ4v) is 2.30. The second-order valence-corrected chi connectivity index (χ2v) is 4.69. The van der Waals surface area contributed by atoms with Crippen LogP contribution in [0.2, 0.25) is 5.02 Å². The molecule has 0 heterocycles. The van der Waals surface area contributed by atoms with E-state index in [0.717, 1.165) is 11.8 Å². The Morgan fingerprint density at radius 1 is 1.21 bits per heavy atom. The number of carbonyl (C=O) groups is 1. The molecule has 0 aliphatic carbocycles. The zero-order valence-electron chi connectivity index (χ0n) is 10.4. The molecule has 0 saturated carbocycles. The lowest BCUT2D eigenvalue weighted by molar-refractivity contribution is 0.112. The van der Waals surface area contributed by atoms with Gasteiger partial charge in [0.2, 0.25) is 0 Å². The average molecular weight is 278 g/mol. The lowest BCUT2D eigenvalue weighted by Gasteiger charge is -2.22. The summed E-state index contributed by atoms with van der Waals surface area (Å²) in [6.07, 6.45) is 0.780. The molecule has 0 radical (unpaired) electrons. The van der Waals surface area contributed by atoms with Gasteiger partial charge in [0.1, 0.15) is 5.82 Å². The van der Waals surface area contributed by atoms with E-state index in [-0.39, 0.29) is 5.82 Å². The van der Waals surface area contributed by atoms with Crippen LogP contribution in [0.5, 0.6) is 0 Å². The van der Waals surface area contributed by atoms with Crippen LogP contribution in [0.4, 0.5) is 10.1 Å². The summed E-state index contributed by atoms with van der Waals surface area (Å²) in [7, 11) is 1.84. The van der Waals surface area contributed by atoms with Crippen molar-refractivity contribution < 1.29 is 9.18 Å². The number of aldehydes is 1. The van der Waals surface area contributed by atoms with E-state index in [9.17, 15) is 9.18 Å². The lowest BCUT2D eigenvalue weighted by atomic mass is 10.1. The number of benzene rings is 2. The van der Waals surface area contributed by atoms with Gasteiger partial charge >= 0.3 is 0 Å².